The topological polar surface area (TPSA) is 35.5 Å². The Morgan fingerprint density at radius 2 is 1.90 bits per heavy atom. The summed E-state index contributed by atoms with van der Waals surface area (Å²) in [4.78, 5) is 12.1. The number of ether oxygens (including phenoxy) is 2. The summed E-state index contributed by atoms with van der Waals surface area (Å²) in [6, 6.07) is 13.4. The number of fused-ring (bicyclic) bond motifs is 2. The normalized spacial score (nSPS) is 11.5. The molecule has 0 N–H and O–H groups in total. The molecule has 0 fully saturated rings. The van der Waals surface area contributed by atoms with Gasteiger partial charge in [-0.25, -0.2) is 4.79 Å². The van der Waals surface area contributed by atoms with Crippen molar-refractivity contribution in [1.82, 2.24) is 0 Å². The summed E-state index contributed by atoms with van der Waals surface area (Å²) in [6.07, 6.45) is 1.52. The standard InChI is InChI=1S/C17H16O3.Zn/c1-2-10-19-17(18)13-7-5-9-16-14(13)11-12-6-3-4-8-15(12)20-16;/h3-9H,2,10-11H2,1H3;. The predicted molar refractivity (Wildman–Crippen MR) is 76.3 cm³/mol. The van der Waals surface area contributed by atoms with Crippen molar-refractivity contribution in [2.24, 2.45) is 0 Å². The van der Waals surface area contributed by atoms with E-state index < -0.39 is 0 Å². The molecule has 1 aliphatic rings. The number of carbonyl (C=O) groups excluding carboxylic acids is 1. The molecular weight excluding hydrogens is 318 g/mol. The molecule has 0 aliphatic carbocycles. The SMILES string of the molecule is CCCOC(=O)c1cccc2c1Cc1ccccc1O2.[Zn]. The Morgan fingerprint density at radius 3 is 2.71 bits per heavy atom. The zero-order chi connectivity index (χ0) is 13.9. The van der Waals surface area contributed by atoms with E-state index >= 15 is 0 Å². The van der Waals surface area contributed by atoms with E-state index in [4.69, 9.17) is 9.47 Å². The maximum absolute atomic E-state index is 12.1. The van der Waals surface area contributed by atoms with Gasteiger partial charge in [0.25, 0.3) is 0 Å². The Balaban J connectivity index is 0.00000161. The summed E-state index contributed by atoms with van der Waals surface area (Å²) >= 11 is 0. The summed E-state index contributed by atoms with van der Waals surface area (Å²) in [7, 11) is 0. The second-order valence-electron chi connectivity index (χ2n) is 4.80. The number of rotatable bonds is 3. The van der Waals surface area contributed by atoms with E-state index in [0.29, 0.717) is 18.6 Å². The van der Waals surface area contributed by atoms with Crippen molar-refractivity contribution in [2.75, 3.05) is 6.61 Å². The quantitative estimate of drug-likeness (QED) is 0.538. The fraction of sp³-hybridized carbons (Fsp3) is 0.235. The van der Waals surface area contributed by atoms with Crippen molar-refractivity contribution in [3.63, 3.8) is 0 Å². The summed E-state index contributed by atoms with van der Waals surface area (Å²) in [5.74, 6) is 1.33. The van der Waals surface area contributed by atoms with Crippen molar-refractivity contribution in [2.45, 2.75) is 19.8 Å². The minimum absolute atomic E-state index is 0. The van der Waals surface area contributed by atoms with Gasteiger partial charge < -0.3 is 9.47 Å². The van der Waals surface area contributed by atoms with Gasteiger partial charge in [0.05, 0.1) is 12.2 Å². The third-order valence-corrected chi connectivity index (χ3v) is 3.35. The molecule has 0 atom stereocenters. The van der Waals surface area contributed by atoms with Crippen LogP contribution in [0.1, 0.15) is 34.8 Å². The molecule has 2 aromatic rings. The average molecular weight is 334 g/mol. The van der Waals surface area contributed by atoms with Crippen molar-refractivity contribution in [3.05, 3.63) is 59.2 Å². The zero-order valence-electron chi connectivity index (χ0n) is 12.1. The first-order valence-corrected chi connectivity index (χ1v) is 6.84. The van der Waals surface area contributed by atoms with E-state index in [-0.39, 0.29) is 25.4 Å². The predicted octanol–water partition coefficient (Wildman–Crippen LogP) is 3.95. The van der Waals surface area contributed by atoms with Crippen LogP contribution in [0.25, 0.3) is 0 Å². The van der Waals surface area contributed by atoms with Gasteiger partial charge in [-0.2, -0.15) is 0 Å². The number of esters is 1. The molecule has 0 radical (unpaired) electrons. The minimum Gasteiger partial charge on any atom is -0.462 e. The molecule has 0 saturated heterocycles. The van der Waals surface area contributed by atoms with Crippen LogP contribution in [0.4, 0.5) is 0 Å². The van der Waals surface area contributed by atoms with Gasteiger partial charge in [0, 0.05) is 31.5 Å². The van der Waals surface area contributed by atoms with Crippen molar-refractivity contribution >= 4 is 5.97 Å². The van der Waals surface area contributed by atoms with Gasteiger partial charge in [-0.1, -0.05) is 31.2 Å². The minimum atomic E-state index is -0.272. The van der Waals surface area contributed by atoms with E-state index in [1.807, 2.05) is 43.3 Å². The first-order valence-electron chi connectivity index (χ1n) is 6.84. The monoisotopic (exact) mass is 332 g/mol. The average Bonchev–Trinajstić information content (AvgIpc) is 2.50. The first kappa shape index (κ1) is 15.7. The zero-order valence-corrected chi connectivity index (χ0v) is 15.1. The Kier molecular flexibility index (Phi) is 5.14. The molecule has 104 valence electrons. The largest absolute Gasteiger partial charge is 0.462 e. The van der Waals surface area contributed by atoms with Crippen LogP contribution in [0.3, 0.4) is 0 Å². The molecule has 0 amide bonds. The molecule has 21 heavy (non-hydrogen) atoms. The van der Waals surface area contributed by atoms with Crippen molar-refractivity contribution in [3.8, 4) is 11.5 Å². The fourth-order valence-electron chi connectivity index (χ4n) is 2.37. The second kappa shape index (κ2) is 6.86. The van der Waals surface area contributed by atoms with Gasteiger partial charge in [-0.05, 0) is 30.2 Å². The maximum atomic E-state index is 12.1. The Hall–Kier alpha value is -1.67. The van der Waals surface area contributed by atoms with Gasteiger partial charge in [0.2, 0.25) is 0 Å². The Labute approximate surface area is 137 Å². The third-order valence-electron chi connectivity index (χ3n) is 3.35. The molecule has 2 aromatic carbocycles. The molecule has 4 heteroatoms. The van der Waals surface area contributed by atoms with Crippen LogP contribution >= 0.6 is 0 Å². The molecule has 0 bridgehead atoms. The third kappa shape index (κ3) is 3.16. The van der Waals surface area contributed by atoms with Gasteiger partial charge in [0.1, 0.15) is 11.5 Å². The van der Waals surface area contributed by atoms with Gasteiger partial charge in [-0.15, -0.1) is 0 Å². The number of carbonyl (C=O) groups is 1. The van der Waals surface area contributed by atoms with Crippen molar-refractivity contribution < 1.29 is 33.7 Å². The molecule has 0 aromatic heterocycles. The molecule has 1 aliphatic heterocycles. The fourth-order valence-corrected chi connectivity index (χ4v) is 2.37. The molecule has 0 saturated carbocycles. The van der Waals surface area contributed by atoms with E-state index in [1.165, 1.54) is 0 Å². The maximum Gasteiger partial charge on any atom is 0.338 e. The van der Waals surface area contributed by atoms with Crippen LogP contribution in [-0.4, -0.2) is 12.6 Å². The number of benzene rings is 2. The van der Waals surface area contributed by atoms with Crippen LogP contribution in [-0.2, 0) is 30.6 Å². The number of hydrogen-bond acceptors (Lipinski definition) is 3. The van der Waals surface area contributed by atoms with Crippen LogP contribution in [0.5, 0.6) is 11.5 Å². The Morgan fingerprint density at radius 1 is 1.14 bits per heavy atom. The van der Waals surface area contributed by atoms with E-state index in [1.54, 1.807) is 6.07 Å². The van der Waals surface area contributed by atoms with E-state index in [9.17, 15) is 4.79 Å². The molecule has 1 heterocycles. The van der Waals surface area contributed by atoms with Gasteiger partial charge in [0.15, 0.2) is 0 Å². The summed E-state index contributed by atoms with van der Waals surface area (Å²) in [5, 5.41) is 0. The van der Waals surface area contributed by atoms with E-state index in [0.717, 1.165) is 29.0 Å². The Bertz CT molecular complexity index is 652. The van der Waals surface area contributed by atoms with Crippen LogP contribution in [0.2, 0.25) is 0 Å². The van der Waals surface area contributed by atoms with Crippen LogP contribution in [0, 0.1) is 0 Å². The van der Waals surface area contributed by atoms with Crippen molar-refractivity contribution in [1.29, 1.82) is 0 Å². The van der Waals surface area contributed by atoms with Crippen LogP contribution < -0.4 is 4.74 Å². The van der Waals surface area contributed by atoms with E-state index in [2.05, 4.69) is 0 Å². The summed E-state index contributed by atoms with van der Waals surface area (Å²) in [6.45, 7) is 2.42. The first-order chi connectivity index (χ1) is 9.79. The number of hydrogen-bond donors (Lipinski definition) is 0. The number of para-hydroxylation sites is 1. The molecule has 0 unspecified atom stereocenters. The summed E-state index contributed by atoms with van der Waals surface area (Å²) in [5.41, 5.74) is 2.61. The van der Waals surface area contributed by atoms with Crippen LogP contribution in [0.15, 0.2) is 42.5 Å². The second-order valence-corrected chi connectivity index (χ2v) is 4.80. The molecular formula is C17H16O3Zn. The molecule has 3 nitrogen and oxygen atoms in total. The van der Waals surface area contributed by atoms with Gasteiger partial charge >= 0.3 is 5.97 Å². The summed E-state index contributed by atoms with van der Waals surface area (Å²) < 4.78 is 11.1. The molecule has 0 spiro atoms. The van der Waals surface area contributed by atoms with Gasteiger partial charge in [-0.3, -0.25) is 0 Å². The molecule has 3 rings (SSSR count). The smallest absolute Gasteiger partial charge is 0.338 e.